The summed E-state index contributed by atoms with van der Waals surface area (Å²) in [6.07, 6.45) is 0. The Morgan fingerprint density at radius 1 is 0.462 bits per heavy atom. The smallest absolute Gasteiger partial charge is 0.333 e. The van der Waals surface area contributed by atoms with Crippen LogP contribution in [0, 0.1) is 0 Å². The largest absolute Gasteiger partial charge is 0.490 e. The quantitative estimate of drug-likeness (QED) is 0.0698. The Balaban J connectivity index is 0.926. The summed E-state index contributed by atoms with van der Waals surface area (Å²) in [5.41, 5.74) is 18.1. The molecule has 0 amide bonds. The highest BCUT2D eigenvalue weighted by Gasteiger charge is 2.36. The minimum absolute atomic E-state index is 0.173. The first-order valence-corrected chi connectivity index (χ1v) is 22.2. The van der Waals surface area contributed by atoms with Crippen LogP contribution in [0.4, 0.5) is 17.1 Å². The molecule has 9 aromatic rings. The molecule has 0 saturated carbocycles. The summed E-state index contributed by atoms with van der Waals surface area (Å²) in [6, 6.07) is 74.4. The molecule has 9 aromatic carbocycles. The van der Waals surface area contributed by atoms with E-state index in [-0.39, 0.29) is 18.6 Å². The third-order valence-electron chi connectivity index (χ3n) is 12.7. The van der Waals surface area contributed by atoms with Crippen molar-refractivity contribution < 1.29 is 14.3 Å². The van der Waals surface area contributed by atoms with Crippen molar-refractivity contribution in [3.63, 3.8) is 0 Å². The second-order valence-corrected chi connectivity index (χ2v) is 17.3. The van der Waals surface area contributed by atoms with E-state index in [9.17, 15) is 4.79 Å². The predicted molar refractivity (Wildman–Crippen MR) is 269 cm³/mol. The van der Waals surface area contributed by atoms with Crippen LogP contribution in [0.5, 0.6) is 5.75 Å². The van der Waals surface area contributed by atoms with Gasteiger partial charge in [-0.25, -0.2) is 4.79 Å². The van der Waals surface area contributed by atoms with Crippen LogP contribution < -0.4 is 9.64 Å². The van der Waals surface area contributed by atoms with Crippen molar-refractivity contribution in [3.05, 3.63) is 230 Å². The first-order valence-electron chi connectivity index (χ1n) is 22.2. The maximum Gasteiger partial charge on any atom is 0.333 e. The van der Waals surface area contributed by atoms with E-state index in [1.807, 2.05) is 24.3 Å². The molecular weight excluding hydrogens is 795 g/mol. The van der Waals surface area contributed by atoms with Gasteiger partial charge in [0.25, 0.3) is 0 Å². The molecule has 1 aliphatic carbocycles. The molecule has 0 N–H and O–H groups in total. The summed E-state index contributed by atoms with van der Waals surface area (Å²) in [6.45, 7) is 10.4. The maximum absolute atomic E-state index is 11.6. The number of rotatable bonds is 12. The fourth-order valence-electron chi connectivity index (χ4n) is 9.11. The molecule has 0 aromatic heterocycles. The Bertz CT molecular complexity index is 3190. The molecule has 4 nitrogen and oxygen atoms in total. The topological polar surface area (TPSA) is 38.8 Å². The Kier molecular flexibility index (Phi) is 10.9. The number of nitrogens with zero attached hydrogens (tertiary/aromatic N) is 1. The van der Waals surface area contributed by atoms with Gasteiger partial charge >= 0.3 is 5.97 Å². The van der Waals surface area contributed by atoms with Crippen molar-refractivity contribution in [3.8, 4) is 61.4 Å². The van der Waals surface area contributed by atoms with Crippen LogP contribution in [0.3, 0.4) is 0 Å². The summed E-state index contributed by atoms with van der Waals surface area (Å²) >= 11 is 0. The van der Waals surface area contributed by atoms with Gasteiger partial charge in [-0.15, -0.1) is 0 Å². The number of carbonyl (C=O) groups excluding carboxylic acids is 1. The zero-order valence-corrected chi connectivity index (χ0v) is 36.9. The second kappa shape index (κ2) is 17.3. The van der Waals surface area contributed by atoms with E-state index in [0.29, 0.717) is 5.57 Å². The molecule has 0 radical (unpaired) electrons. The Labute approximate surface area is 381 Å². The summed E-state index contributed by atoms with van der Waals surface area (Å²) in [5.74, 6) is 0.312. The molecule has 0 atom stereocenters. The van der Waals surface area contributed by atoms with Crippen LogP contribution in [0.15, 0.2) is 218 Å². The van der Waals surface area contributed by atoms with Gasteiger partial charge < -0.3 is 14.4 Å². The molecule has 0 saturated heterocycles. The van der Waals surface area contributed by atoms with E-state index in [1.54, 1.807) is 6.92 Å². The van der Waals surface area contributed by atoms with Gasteiger partial charge in [0.2, 0.25) is 0 Å². The van der Waals surface area contributed by atoms with Gasteiger partial charge in [-0.3, -0.25) is 0 Å². The minimum atomic E-state index is -0.409. The third kappa shape index (κ3) is 8.23. The van der Waals surface area contributed by atoms with Gasteiger partial charge in [-0.1, -0.05) is 166 Å². The number of fused-ring (bicyclic) bond motifs is 4. The molecule has 1 aliphatic rings. The number of esters is 1. The molecule has 0 fully saturated rings. The van der Waals surface area contributed by atoms with Gasteiger partial charge in [0, 0.05) is 28.1 Å². The molecule has 0 bridgehead atoms. The van der Waals surface area contributed by atoms with Crippen molar-refractivity contribution in [1.29, 1.82) is 0 Å². The van der Waals surface area contributed by atoms with Crippen LogP contribution in [0.1, 0.15) is 31.9 Å². The first kappa shape index (κ1) is 41.1. The van der Waals surface area contributed by atoms with Crippen molar-refractivity contribution in [2.75, 3.05) is 18.1 Å². The number of ether oxygens (including phenoxy) is 2. The number of benzene rings is 9. The highest BCUT2D eigenvalue weighted by molar-refractivity contribution is 5.91. The first-order chi connectivity index (χ1) is 31.7. The molecule has 65 heavy (non-hydrogen) atoms. The van der Waals surface area contributed by atoms with E-state index in [0.717, 1.165) is 45.1 Å². The number of anilines is 3. The van der Waals surface area contributed by atoms with Crippen LogP contribution in [0.2, 0.25) is 0 Å². The third-order valence-corrected chi connectivity index (χ3v) is 12.7. The van der Waals surface area contributed by atoms with Crippen molar-refractivity contribution in [2.24, 2.45) is 0 Å². The van der Waals surface area contributed by atoms with Crippen LogP contribution in [0.25, 0.3) is 66.4 Å². The predicted octanol–water partition coefficient (Wildman–Crippen LogP) is 15.8. The Hall–Kier alpha value is -7.95. The minimum Gasteiger partial charge on any atom is -0.490 e. The summed E-state index contributed by atoms with van der Waals surface area (Å²) in [5, 5.41) is 2.51. The fraction of sp³-hybridized carbons (Fsp3) is 0.0984. The lowest BCUT2D eigenvalue weighted by Crippen LogP contribution is -2.16. The number of hydrogen-bond donors (Lipinski definition) is 0. The van der Waals surface area contributed by atoms with Gasteiger partial charge in [-0.05, 0) is 145 Å². The zero-order valence-electron chi connectivity index (χ0n) is 36.9. The van der Waals surface area contributed by atoms with Gasteiger partial charge in [0.05, 0.1) is 0 Å². The Morgan fingerprint density at radius 2 is 0.908 bits per heavy atom. The summed E-state index contributed by atoms with van der Waals surface area (Å²) in [4.78, 5) is 14.0. The van der Waals surface area contributed by atoms with Crippen LogP contribution >= 0.6 is 0 Å². The van der Waals surface area contributed by atoms with E-state index >= 15 is 0 Å². The average molecular weight is 844 g/mol. The molecule has 0 unspecified atom stereocenters. The fourth-order valence-corrected chi connectivity index (χ4v) is 9.11. The molecule has 316 valence electrons. The Morgan fingerprint density at radius 3 is 1.51 bits per heavy atom. The lowest BCUT2D eigenvalue weighted by atomic mass is 9.81. The molecule has 0 spiro atoms. The monoisotopic (exact) mass is 843 g/mol. The second-order valence-electron chi connectivity index (χ2n) is 17.3. The lowest BCUT2D eigenvalue weighted by Gasteiger charge is -2.28. The highest BCUT2D eigenvalue weighted by Crippen LogP contribution is 2.52. The molecule has 4 heteroatoms. The van der Waals surface area contributed by atoms with E-state index in [2.05, 4.69) is 207 Å². The lowest BCUT2D eigenvalue weighted by molar-refractivity contribution is -0.139. The SMILES string of the molecule is C=C(C)C(=O)OCCOc1ccc(-c2ccc(-c3ccc(N(c4ccc(-c5ccccc5)cc4)c4ccc5c(c4)C(C)(C)c4cc(-c6ccc7ccccc7c6)ccc4-5)cc3)cc2)cc1. The van der Waals surface area contributed by atoms with Gasteiger partial charge in [0.15, 0.2) is 0 Å². The standard InChI is InChI=1S/C61H49NO3/c1-41(2)60(63)65-37-36-64-55-32-24-48(25-33-55)45-16-14-44(15-17-45)47-22-29-53(30-23-47)62(52-27-20-46(21-28-52)42-10-6-5-7-11-42)54-31-35-57-56-34-26-51(39-58(56)61(3,4)59(57)40-54)50-19-18-43-12-8-9-13-49(43)38-50/h5-35,38-40H,1,36-37H2,2-4H3. The van der Waals surface area contributed by atoms with Crippen molar-refractivity contribution in [2.45, 2.75) is 26.2 Å². The average Bonchev–Trinajstić information content (AvgIpc) is 3.58. The van der Waals surface area contributed by atoms with E-state index in [1.165, 1.54) is 55.3 Å². The van der Waals surface area contributed by atoms with Crippen molar-refractivity contribution >= 4 is 33.8 Å². The van der Waals surface area contributed by atoms with Gasteiger partial charge in [0.1, 0.15) is 19.0 Å². The molecule has 0 heterocycles. The summed E-state index contributed by atoms with van der Waals surface area (Å²) in [7, 11) is 0. The normalized spacial score (nSPS) is 12.3. The van der Waals surface area contributed by atoms with Crippen molar-refractivity contribution in [1.82, 2.24) is 0 Å². The van der Waals surface area contributed by atoms with Gasteiger partial charge in [-0.2, -0.15) is 0 Å². The zero-order chi connectivity index (χ0) is 44.5. The summed E-state index contributed by atoms with van der Waals surface area (Å²) < 4.78 is 10.9. The van der Waals surface area contributed by atoms with Crippen LogP contribution in [-0.4, -0.2) is 19.2 Å². The highest BCUT2D eigenvalue weighted by atomic mass is 16.6. The van der Waals surface area contributed by atoms with E-state index in [4.69, 9.17) is 9.47 Å². The molecule has 10 rings (SSSR count). The number of carbonyl (C=O) groups is 1. The number of hydrogen-bond acceptors (Lipinski definition) is 4. The molecule has 0 aliphatic heterocycles. The molecular formula is C61H49NO3. The van der Waals surface area contributed by atoms with Crippen LogP contribution in [-0.2, 0) is 14.9 Å². The van der Waals surface area contributed by atoms with E-state index < -0.39 is 5.97 Å². The maximum atomic E-state index is 11.6.